The van der Waals surface area contributed by atoms with Crippen molar-refractivity contribution in [3.8, 4) is 0 Å². The summed E-state index contributed by atoms with van der Waals surface area (Å²) in [6, 6.07) is 5.93. The molecule has 0 saturated carbocycles. The zero-order valence-corrected chi connectivity index (χ0v) is 8.48. The van der Waals surface area contributed by atoms with Gasteiger partial charge in [-0.05, 0) is 30.7 Å². The second-order valence-corrected chi connectivity index (χ2v) is 2.94. The Bertz CT molecular complexity index is 259. The van der Waals surface area contributed by atoms with Gasteiger partial charge in [0.25, 0.3) is 0 Å². The van der Waals surface area contributed by atoms with E-state index >= 15 is 0 Å². The molecule has 0 amide bonds. The van der Waals surface area contributed by atoms with Crippen LogP contribution in [0.5, 0.6) is 0 Å². The number of nitrogens with zero attached hydrogens (tertiary/aromatic N) is 1. The topological polar surface area (TPSA) is 29.3 Å². The van der Waals surface area contributed by atoms with Gasteiger partial charge in [0.1, 0.15) is 0 Å². The third kappa shape index (κ3) is 2.31. The van der Waals surface area contributed by atoms with Gasteiger partial charge in [-0.25, -0.2) is 0 Å². The maximum absolute atomic E-state index is 5.61. The Morgan fingerprint density at radius 2 is 1.83 bits per heavy atom. The summed E-state index contributed by atoms with van der Waals surface area (Å²) in [6.07, 6.45) is 0. The van der Waals surface area contributed by atoms with Gasteiger partial charge in [-0.2, -0.15) is 0 Å². The van der Waals surface area contributed by atoms with E-state index in [-0.39, 0.29) is 12.4 Å². The van der Waals surface area contributed by atoms with E-state index in [4.69, 9.17) is 5.73 Å². The fraction of sp³-hybridized carbons (Fsp3) is 0.333. The molecule has 0 fully saturated rings. The quantitative estimate of drug-likeness (QED) is 0.681. The average Bonchev–Trinajstić information content (AvgIpc) is 1.85. The lowest BCUT2D eigenvalue weighted by molar-refractivity contribution is 1.11. The molecular formula is C9H15ClN2. The Morgan fingerprint density at radius 3 is 2.25 bits per heavy atom. The fourth-order valence-electron chi connectivity index (χ4n) is 1.18. The van der Waals surface area contributed by atoms with Crippen molar-refractivity contribution in [3.63, 3.8) is 0 Å². The molecule has 2 nitrogen and oxygen atoms in total. The first-order chi connectivity index (χ1) is 5.11. The Morgan fingerprint density at radius 1 is 1.25 bits per heavy atom. The van der Waals surface area contributed by atoms with Crippen molar-refractivity contribution in [1.82, 2.24) is 0 Å². The van der Waals surface area contributed by atoms with Crippen molar-refractivity contribution < 1.29 is 0 Å². The van der Waals surface area contributed by atoms with Gasteiger partial charge >= 0.3 is 0 Å². The molecule has 1 rings (SSSR count). The molecule has 3 heteroatoms. The van der Waals surface area contributed by atoms with E-state index in [9.17, 15) is 0 Å². The number of nitrogens with two attached hydrogens (primary N) is 1. The highest BCUT2D eigenvalue weighted by atomic mass is 35.5. The number of aryl methyl sites for hydroxylation is 1. The van der Waals surface area contributed by atoms with Crippen LogP contribution in [0.3, 0.4) is 0 Å². The van der Waals surface area contributed by atoms with E-state index in [2.05, 4.69) is 11.8 Å². The molecule has 2 N–H and O–H groups in total. The van der Waals surface area contributed by atoms with Crippen molar-refractivity contribution >= 4 is 23.8 Å². The molecule has 0 heterocycles. The minimum Gasteiger partial charge on any atom is -0.399 e. The number of nitrogen functional groups attached to an aromatic ring is 1. The molecular weight excluding hydrogens is 172 g/mol. The zero-order valence-electron chi connectivity index (χ0n) is 7.66. The van der Waals surface area contributed by atoms with E-state index in [0.29, 0.717) is 0 Å². The predicted octanol–water partition coefficient (Wildman–Crippen LogP) is 2.07. The van der Waals surface area contributed by atoms with Crippen molar-refractivity contribution in [3.05, 3.63) is 23.8 Å². The highest BCUT2D eigenvalue weighted by Crippen LogP contribution is 2.19. The summed E-state index contributed by atoms with van der Waals surface area (Å²) in [5.74, 6) is 0. The Balaban J connectivity index is 0.00000121. The highest BCUT2D eigenvalue weighted by Gasteiger charge is 1.98. The summed E-state index contributed by atoms with van der Waals surface area (Å²) in [4.78, 5) is 2.08. The molecule has 0 aliphatic carbocycles. The summed E-state index contributed by atoms with van der Waals surface area (Å²) in [7, 11) is 4.05. The van der Waals surface area contributed by atoms with Crippen molar-refractivity contribution in [2.45, 2.75) is 6.92 Å². The van der Waals surface area contributed by atoms with Gasteiger partial charge in [0.15, 0.2) is 0 Å². The molecule has 68 valence electrons. The molecule has 0 spiro atoms. The first-order valence-corrected chi connectivity index (χ1v) is 3.64. The second-order valence-electron chi connectivity index (χ2n) is 2.94. The first-order valence-electron chi connectivity index (χ1n) is 3.64. The van der Waals surface area contributed by atoms with Gasteiger partial charge in [0, 0.05) is 25.5 Å². The number of hydrogen-bond acceptors (Lipinski definition) is 2. The number of rotatable bonds is 1. The maximum Gasteiger partial charge on any atom is 0.0392 e. The van der Waals surface area contributed by atoms with Crippen LogP contribution in [0.4, 0.5) is 11.4 Å². The first kappa shape index (κ1) is 11.1. The summed E-state index contributed by atoms with van der Waals surface area (Å²) in [6.45, 7) is 2.06. The largest absolute Gasteiger partial charge is 0.399 e. The molecule has 0 radical (unpaired) electrons. The zero-order chi connectivity index (χ0) is 8.43. The van der Waals surface area contributed by atoms with Gasteiger partial charge in [-0.3, -0.25) is 0 Å². The van der Waals surface area contributed by atoms with Crippen LogP contribution in [0.2, 0.25) is 0 Å². The van der Waals surface area contributed by atoms with E-state index in [1.54, 1.807) is 0 Å². The van der Waals surface area contributed by atoms with Crippen LogP contribution in [-0.4, -0.2) is 14.1 Å². The van der Waals surface area contributed by atoms with Gasteiger partial charge in [-0.1, -0.05) is 0 Å². The third-order valence-electron chi connectivity index (χ3n) is 1.70. The van der Waals surface area contributed by atoms with Crippen LogP contribution in [0.15, 0.2) is 18.2 Å². The number of benzene rings is 1. The van der Waals surface area contributed by atoms with Gasteiger partial charge < -0.3 is 10.6 Å². The molecule has 0 unspecified atom stereocenters. The molecule has 0 bridgehead atoms. The van der Waals surface area contributed by atoms with Crippen LogP contribution in [-0.2, 0) is 0 Å². The summed E-state index contributed by atoms with van der Waals surface area (Å²) in [5.41, 5.74) is 8.88. The minimum absolute atomic E-state index is 0. The fourth-order valence-corrected chi connectivity index (χ4v) is 1.18. The summed E-state index contributed by atoms with van der Waals surface area (Å²) >= 11 is 0. The van der Waals surface area contributed by atoms with E-state index < -0.39 is 0 Å². The summed E-state index contributed by atoms with van der Waals surface area (Å²) in [5, 5.41) is 0. The van der Waals surface area contributed by atoms with Crippen molar-refractivity contribution in [2.75, 3.05) is 24.7 Å². The number of hydrogen-bond donors (Lipinski definition) is 1. The van der Waals surface area contributed by atoms with Crippen LogP contribution < -0.4 is 10.6 Å². The third-order valence-corrected chi connectivity index (χ3v) is 1.70. The lowest BCUT2D eigenvalue weighted by atomic mass is 10.2. The normalized spacial score (nSPS) is 8.92. The SMILES string of the molecule is Cc1cc(N)ccc1N(C)C.Cl. The molecule has 1 aromatic carbocycles. The monoisotopic (exact) mass is 186 g/mol. The number of anilines is 2. The highest BCUT2D eigenvalue weighted by molar-refractivity contribution is 5.85. The van der Waals surface area contributed by atoms with E-state index in [1.807, 2.05) is 32.3 Å². The van der Waals surface area contributed by atoms with Crippen LogP contribution in [0, 0.1) is 6.92 Å². The lowest BCUT2D eigenvalue weighted by Gasteiger charge is -2.15. The predicted molar refractivity (Wildman–Crippen MR) is 57.2 cm³/mol. The lowest BCUT2D eigenvalue weighted by Crippen LogP contribution is -2.10. The maximum atomic E-state index is 5.61. The molecule has 12 heavy (non-hydrogen) atoms. The standard InChI is InChI=1S/C9H14N2.ClH/c1-7-6-8(10)4-5-9(7)11(2)3;/h4-6H,10H2,1-3H3;1H. The molecule has 0 saturated heterocycles. The molecule has 0 aromatic heterocycles. The Labute approximate surface area is 79.8 Å². The second kappa shape index (κ2) is 4.21. The van der Waals surface area contributed by atoms with Crippen molar-refractivity contribution in [2.24, 2.45) is 0 Å². The Kier molecular flexibility index (Phi) is 3.90. The van der Waals surface area contributed by atoms with Gasteiger partial charge in [0.05, 0.1) is 0 Å². The molecule has 1 aromatic rings. The molecule has 0 aliphatic rings. The van der Waals surface area contributed by atoms with Crippen molar-refractivity contribution in [1.29, 1.82) is 0 Å². The van der Waals surface area contributed by atoms with Gasteiger partial charge in [-0.15, -0.1) is 12.4 Å². The van der Waals surface area contributed by atoms with E-state index in [0.717, 1.165) is 5.69 Å². The number of halogens is 1. The molecule has 0 atom stereocenters. The Hall–Kier alpha value is -0.890. The molecule has 0 aliphatic heterocycles. The van der Waals surface area contributed by atoms with Crippen LogP contribution in [0.1, 0.15) is 5.56 Å². The van der Waals surface area contributed by atoms with Gasteiger partial charge in [0.2, 0.25) is 0 Å². The van der Waals surface area contributed by atoms with E-state index in [1.165, 1.54) is 11.3 Å². The smallest absolute Gasteiger partial charge is 0.0392 e. The average molecular weight is 187 g/mol. The van der Waals surface area contributed by atoms with Crippen LogP contribution >= 0.6 is 12.4 Å². The summed E-state index contributed by atoms with van der Waals surface area (Å²) < 4.78 is 0. The van der Waals surface area contributed by atoms with Crippen LogP contribution in [0.25, 0.3) is 0 Å². The minimum atomic E-state index is 0.